The molecule has 96 valence electrons. The van der Waals surface area contributed by atoms with E-state index in [-0.39, 0.29) is 6.01 Å². The maximum atomic E-state index is 5.55. The summed E-state index contributed by atoms with van der Waals surface area (Å²) in [5.41, 5.74) is 5.55. The first-order valence-electron chi connectivity index (χ1n) is 5.22. The Morgan fingerprint density at radius 1 is 1.24 bits per heavy atom. The van der Waals surface area contributed by atoms with Gasteiger partial charge in [0.2, 0.25) is 0 Å². The number of ether oxygens (including phenoxy) is 3. The number of nitrogens with two attached hydrogens (primary N) is 1. The molecule has 1 heterocycles. The molecule has 2 N–H and O–H groups in total. The van der Waals surface area contributed by atoms with E-state index in [0.717, 1.165) is 6.42 Å². The molecule has 0 saturated heterocycles. The quantitative estimate of drug-likeness (QED) is 0.575. The van der Waals surface area contributed by atoms with Gasteiger partial charge in [-0.2, -0.15) is 9.97 Å². The van der Waals surface area contributed by atoms with Crippen LogP contribution in [-0.2, 0) is 9.47 Å². The monoisotopic (exact) mass is 305 g/mol. The molecule has 0 amide bonds. The van der Waals surface area contributed by atoms with Crippen LogP contribution in [0.1, 0.15) is 6.42 Å². The van der Waals surface area contributed by atoms with Crippen LogP contribution < -0.4 is 10.5 Å². The fraction of sp³-hybridized carbons (Fsp3) is 0.600. The average Bonchev–Trinajstić information content (AvgIpc) is 2.26. The van der Waals surface area contributed by atoms with Crippen LogP contribution in [0.2, 0.25) is 0 Å². The maximum absolute atomic E-state index is 5.55. The van der Waals surface area contributed by atoms with Crippen LogP contribution in [0.4, 0.5) is 5.82 Å². The van der Waals surface area contributed by atoms with E-state index in [4.69, 9.17) is 19.9 Å². The van der Waals surface area contributed by atoms with Gasteiger partial charge in [-0.05, 0) is 15.9 Å². The molecular formula is C10H16BrN3O3. The molecular weight excluding hydrogens is 290 g/mol. The predicted molar refractivity (Wildman–Crippen MR) is 67.0 cm³/mol. The Labute approximate surface area is 109 Å². The number of hydrogen-bond donors (Lipinski definition) is 1. The third kappa shape index (κ3) is 6.40. The summed E-state index contributed by atoms with van der Waals surface area (Å²) in [5.74, 6) is 0.373. The van der Waals surface area contributed by atoms with E-state index in [1.54, 1.807) is 13.2 Å². The first-order valence-corrected chi connectivity index (χ1v) is 6.01. The summed E-state index contributed by atoms with van der Waals surface area (Å²) in [6, 6.07) is 1.88. The van der Waals surface area contributed by atoms with E-state index in [1.807, 2.05) is 0 Å². The van der Waals surface area contributed by atoms with Crippen molar-refractivity contribution >= 4 is 21.7 Å². The maximum Gasteiger partial charge on any atom is 0.319 e. The number of methoxy groups -OCH3 is 1. The SMILES string of the molecule is COCCOCCCOc1nc(N)cc(Br)n1. The van der Waals surface area contributed by atoms with E-state index >= 15 is 0 Å². The minimum atomic E-state index is 0.272. The molecule has 0 bridgehead atoms. The van der Waals surface area contributed by atoms with E-state index in [2.05, 4.69) is 25.9 Å². The van der Waals surface area contributed by atoms with E-state index < -0.39 is 0 Å². The second-order valence-electron chi connectivity index (χ2n) is 3.21. The van der Waals surface area contributed by atoms with Gasteiger partial charge in [0, 0.05) is 26.2 Å². The molecule has 17 heavy (non-hydrogen) atoms. The van der Waals surface area contributed by atoms with Gasteiger partial charge in [0.25, 0.3) is 0 Å². The standard InChI is InChI=1S/C10H16BrN3O3/c1-15-5-6-16-3-2-4-17-10-13-8(11)7-9(12)14-10/h7H,2-6H2,1H3,(H2,12,13,14). The van der Waals surface area contributed by atoms with Gasteiger partial charge in [-0.1, -0.05) is 0 Å². The molecule has 0 fully saturated rings. The molecule has 1 rings (SSSR count). The van der Waals surface area contributed by atoms with Gasteiger partial charge in [-0.25, -0.2) is 0 Å². The molecule has 0 saturated carbocycles. The molecule has 1 aromatic rings. The molecule has 0 radical (unpaired) electrons. The molecule has 0 aliphatic rings. The lowest BCUT2D eigenvalue weighted by molar-refractivity contribution is 0.0639. The first kappa shape index (κ1) is 14.1. The van der Waals surface area contributed by atoms with E-state index in [1.165, 1.54) is 0 Å². The zero-order chi connectivity index (χ0) is 12.5. The lowest BCUT2D eigenvalue weighted by atomic mass is 10.5. The predicted octanol–water partition coefficient (Wildman–Crippen LogP) is 1.25. The van der Waals surface area contributed by atoms with Crippen molar-refractivity contribution in [1.82, 2.24) is 9.97 Å². The van der Waals surface area contributed by atoms with Crippen LogP contribution in [0.15, 0.2) is 10.7 Å². The number of aromatic nitrogens is 2. The van der Waals surface area contributed by atoms with Crippen molar-refractivity contribution in [3.63, 3.8) is 0 Å². The highest BCUT2D eigenvalue weighted by atomic mass is 79.9. The van der Waals surface area contributed by atoms with Crippen molar-refractivity contribution in [2.24, 2.45) is 0 Å². The van der Waals surface area contributed by atoms with Gasteiger partial charge in [0.05, 0.1) is 19.8 Å². The molecule has 6 nitrogen and oxygen atoms in total. The minimum Gasteiger partial charge on any atom is -0.463 e. The second kappa shape index (κ2) is 8.21. The lowest BCUT2D eigenvalue weighted by Crippen LogP contribution is -2.08. The summed E-state index contributed by atoms with van der Waals surface area (Å²) in [4.78, 5) is 7.96. The summed E-state index contributed by atoms with van der Waals surface area (Å²) in [5, 5.41) is 0. The van der Waals surface area contributed by atoms with Crippen molar-refractivity contribution in [2.75, 3.05) is 39.3 Å². The normalized spacial score (nSPS) is 10.5. The van der Waals surface area contributed by atoms with Gasteiger partial charge in [-0.3, -0.25) is 0 Å². The molecule has 0 aliphatic heterocycles. The Balaban J connectivity index is 2.13. The van der Waals surface area contributed by atoms with Crippen LogP contribution in [0.5, 0.6) is 6.01 Å². The Hall–Kier alpha value is -0.920. The van der Waals surface area contributed by atoms with Gasteiger partial charge < -0.3 is 19.9 Å². The molecule has 0 aromatic carbocycles. The molecule has 7 heteroatoms. The molecule has 1 aromatic heterocycles. The van der Waals surface area contributed by atoms with Crippen LogP contribution >= 0.6 is 15.9 Å². The number of halogens is 1. The van der Waals surface area contributed by atoms with Crippen LogP contribution in [0.25, 0.3) is 0 Å². The van der Waals surface area contributed by atoms with Crippen LogP contribution in [0, 0.1) is 0 Å². The lowest BCUT2D eigenvalue weighted by Gasteiger charge is -2.06. The van der Waals surface area contributed by atoms with Crippen molar-refractivity contribution in [1.29, 1.82) is 0 Å². The highest BCUT2D eigenvalue weighted by Crippen LogP contribution is 2.13. The van der Waals surface area contributed by atoms with Gasteiger partial charge in [0.15, 0.2) is 0 Å². The first-order chi connectivity index (χ1) is 8.22. The minimum absolute atomic E-state index is 0.272. The fourth-order valence-corrected chi connectivity index (χ4v) is 1.43. The van der Waals surface area contributed by atoms with Crippen molar-refractivity contribution in [3.8, 4) is 6.01 Å². The summed E-state index contributed by atoms with van der Waals surface area (Å²) < 4.78 is 16.1. The smallest absolute Gasteiger partial charge is 0.319 e. The summed E-state index contributed by atoms with van der Waals surface area (Å²) >= 11 is 3.21. The van der Waals surface area contributed by atoms with Crippen molar-refractivity contribution in [2.45, 2.75) is 6.42 Å². The number of nitrogens with zero attached hydrogens (tertiary/aromatic N) is 2. The number of nitrogen functional groups attached to an aromatic ring is 1. The van der Waals surface area contributed by atoms with Gasteiger partial charge in [-0.15, -0.1) is 0 Å². The number of hydrogen-bond acceptors (Lipinski definition) is 6. The van der Waals surface area contributed by atoms with Gasteiger partial charge in [0.1, 0.15) is 10.4 Å². The highest BCUT2D eigenvalue weighted by molar-refractivity contribution is 9.10. The summed E-state index contributed by atoms with van der Waals surface area (Å²) in [7, 11) is 1.64. The third-order valence-electron chi connectivity index (χ3n) is 1.79. The summed E-state index contributed by atoms with van der Waals surface area (Å²) in [6.07, 6.45) is 0.763. The van der Waals surface area contributed by atoms with Crippen LogP contribution in [0.3, 0.4) is 0 Å². The van der Waals surface area contributed by atoms with E-state index in [9.17, 15) is 0 Å². The topological polar surface area (TPSA) is 79.5 Å². The van der Waals surface area contributed by atoms with Crippen molar-refractivity contribution in [3.05, 3.63) is 10.7 Å². The number of rotatable bonds is 8. The Bertz CT molecular complexity index is 318. The van der Waals surface area contributed by atoms with Crippen molar-refractivity contribution < 1.29 is 14.2 Å². The molecule has 0 spiro atoms. The second-order valence-corrected chi connectivity index (χ2v) is 4.02. The highest BCUT2D eigenvalue weighted by Gasteiger charge is 2.01. The molecule has 0 unspecified atom stereocenters. The summed E-state index contributed by atoms with van der Waals surface area (Å²) in [6.45, 7) is 2.30. The van der Waals surface area contributed by atoms with Crippen LogP contribution in [-0.4, -0.2) is 43.5 Å². The van der Waals surface area contributed by atoms with E-state index in [0.29, 0.717) is 36.8 Å². The zero-order valence-electron chi connectivity index (χ0n) is 9.69. The third-order valence-corrected chi connectivity index (χ3v) is 2.20. The van der Waals surface area contributed by atoms with Gasteiger partial charge >= 0.3 is 6.01 Å². The molecule has 0 aliphatic carbocycles. The Kier molecular flexibility index (Phi) is 6.83. The zero-order valence-corrected chi connectivity index (χ0v) is 11.3. The number of anilines is 1. The largest absolute Gasteiger partial charge is 0.463 e. The fourth-order valence-electron chi connectivity index (χ4n) is 1.05. The average molecular weight is 306 g/mol. The molecule has 0 atom stereocenters. The Morgan fingerprint density at radius 2 is 2.06 bits per heavy atom. The Morgan fingerprint density at radius 3 is 2.76 bits per heavy atom.